The Balaban J connectivity index is 2.74. The minimum absolute atomic E-state index is 0.103. The number of halogens is 2. The summed E-state index contributed by atoms with van der Waals surface area (Å²) in [6.07, 6.45) is 0. The Morgan fingerprint density at radius 3 is 2.53 bits per heavy atom. The summed E-state index contributed by atoms with van der Waals surface area (Å²) in [5.41, 5.74) is 1.14. The summed E-state index contributed by atoms with van der Waals surface area (Å²) >= 11 is 6.99. The molecule has 3 nitrogen and oxygen atoms in total. The number of nitrogens with one attached hydrogen (secondary N) is 1. The molecule has 0 radical (unpaired) electrons. The molecule has 0 aliphatic heterocycles. The van der Waals surface area contributed by atoms with Crippen LogP contribution in [0.5, 0.6) is 0 Å². The molecule has 0 aliphatic rings. The molecule has 0 heterocycles. The van der Waals surface area contributed by atoms with Crippen molar-refractivity contribution in [3.8, 4) is 0 Å². The van der Waals surface area contributed by atoms with Crippen molar-refractivity contribution in [1.29, 1.82) is 0 Å². The molecule has 0 spiro atoms. The Hall–Kier alpha value is -0.390. The molecule has 0 fully saturated rings. The molecule has 0 aromatic heterocycles. The van der Waals surface area contributed by atoms with Gasteiger partial charge in [-0.3, -0.25) is 10.1 Å². The van der Waals surface area contributed by atoms with Crippen LogP contribution in [0.15, 0.2) is 27.1 Å². The average Bonchev–Trinajstić information content (AvgIpc) is 2.36. The van der Waals surface area contributed by atoms with Crippen LogP contribution in [-0.4, -0.2) is 30.4 Å². The van der Waals surface area contributed by atoms with E-state index in [1.807, 2.05) is 39.1 Å². The van der Waals surface area contributed by atoms with Crippen molar-refractivity contribution in [1.82, 2.24) is 10.2 Å². The van der Waals surface area contributed by atoms with Gasteiger partial charge in [-0.05, 0) is 38.5 Å². The molecular formula is C14H20Br2N2O. The van der Waals surface area contributed by atoms with Crippen LogP contribution < -0.4 is 5.32 Å². The molecule has 1 rings (SSSR count). The van der Waals surface area contributed by atoms with Gasteiger partial charge in [0.1, 0.15) is 0 Å². The molecule has 2 unspecified atom stereocenters. The normalized spacial score (nSPS) is 14.0. The first-order valence-corrected chi connectivity index (χ1v) is 7.91. The van der Waals surface area contributed by atoms with Gasteiger partial charge < -0.3 is 4.90 Å². The minimum atomic E-state index is -0.199. The van der Waals surface area contributed by atoms with Gasteiger partial charge in [0, 0.05) is 28.6 Å². The van der Waals surface area contributed by atoms with E-state index in [0.717, 1.165) is 21.1 Å². The van der Waals surface area contributed by atoms with Gasteiger partial charge in [0.25, 0.3) is 0 Å². The van der Waals surface area contributed by atoms with Crippen molar-refractivity contribution < 1.29 is 4.79 Å². The lowest BCUT2D eigenvalue weighted by Crippen LogP contribution is -2.43. The van der Waals surface area contributed by atoms with Crippen molar-refractivity contribution in [2.45, 2.75) is 32.9 Å². The summed E-state index contributed by atoms with van der Waals surface area (Å²) in [6, 6.07) is 5.97. The van der Waals surface area contributed by atoms with E-state index in [9.17, 15) is 4.79 Å². The third kappa shape index (κ3) is 4.58. The summed E-state index contributed by atoms with van der Waals surface area (Å²) in [6.45, 7) is 6.65. The smallest absolute Gasteiger partial charge is 0.239 e. The zero-order valence-electron chi connectivity index (χ0n) is 11.7. The first-order valence-electron chi connectivity index (χ1n) is 6.32. The van der Waals surface area contributed by atoms with E-state index < -0.39 is 0 Å². The van der Waals surface area contributed by atoms with Crippen molar-refractivity contribution in [2.75, 3.05) is 13.6 Å². The van der Waals surface area contributed by atoms with Gasteiger partial charge >= 0.3 is 0 Å². The number of hydrogen-bond acceptors (Lipinski definition) is 2. The van der Waals surface area contributed by atoms with Crippen LogP contribution in [0.2, 0.25) is 0 Å². The molecule has 1 amide bonds. The fourth-order valence-corrected chi connectivity index (χ4v) is 3.27. The van der Waals surface area contributed by atoms with E-state index in [4.69, 9.17) is 0 Å². The molecule has 2 atom stereocenters. The van der Waals surface area contributed by atoms with Crippen LogP contribution in [0, 0.1) is 0 Å². The third-order valence-electron chi connectivity index (χ3n) is 3.15. The molecule has 0 saturated heterocycles. The molecule has 106 valence electrons. The predicted molar refractivity (Wildman–Crippen MR) is 86.2 cm³/mol. The van der Waals surface area contributed by atoms with Crippen molar-refractivity contribution in [2.24, 2.45) is 0 Å². The van der Waals surface area contributed by atoms with E-state index in [2.05, 4.69) is 44.1 Å². The van der Waals surface area contributed by atoms with Crippen LogP contribution in [0.1, 0.15) is 32.4 Å². The first-order chi connectivity index (χ1) is 8.86. The molecule has 1 aromatic carbocycles. The molecular weight excluding hydrogens is 372 g/mol. The van der Waals surface area contributed by atoms with Gasteiger partial charge in [0.15, 0.2) is 0 Å². The summed E-state index contributed by atoms with van der Waals surface area (Å²) < 4.78 is 2.07. The second-order valence-corrected chi connectivity index (χ2v) is 6.40. The Labute approximate surface area is 132 Å². The quantitative estimate of drug-likeness (QED) is 0.829. The van der Waals surface area contributed by atoms with Crippen LogP contribution in [0.3, 0.4) is 0 Å². The number of carbonyl (C=O) groups is 1. The van der Waals surface area contributed by atoms with Crippen LogP contribution >= 0.6 is 31.9 Å². The van der Waals surface area contributed by atoms with Crippen molar-refractivity contribution >= 4 is 37.8 Å². The average molecular weight is 392 g/mol. The van der Waals surface area contributed by atoms with Crippen LogP contribution in [-0.2, 0) is 4.79 Å². The van der Waals surface area contributed by atoms with Gasteiger partial charge in [-0.15, -0.1) is 0 Å². The largest absolute Gasteiger partial charge is 0.345 e. The van der Waals surface area contributed by atoms with E-state index in [-0.39, 0.29) is 18.0 Å². The number of nitrogens with zero attached hydrogens (tertiary/aromatic N) is 1. The van der Waals surface area contributed by atoms with Crippen LogP contribution in [0.25, 0.3) is 0 Å². The number of benzene rings is 1. The second kappa shape index (κ2) is 7.41. The summed E-state index contributed by atoms with van der Waals surface area (Å²) in [4.78, 5) is 13.7. The first kappa shape index (κ1) is 16.7. The summed E-state index contributed by atoms with van der Waals surface area (Å²) in [5, 5.41) is 3.33. The molecule has 5 heteroatoms. The highest BCUT2D eigenvalue weighted by atomic mass is 79.9. The standard InChI is InChI=1S/C14H20Br2N2O/c1-5-18(4)14(19)10(3)17-9(2)12-7-6-11(15)8-13(12)16/h6-10,17H,5H2,1-4H3. The second-order valence-electron chi connectivity index (χ2n) is 4.63. The highest BCUT2D eigenvalue weighted by molar-refractivity contribution is 9.11. The Morgan fingerprint density at radius 1 is 1.37 bits per heavy atom. The van der Waals surface area contributed by atoms with Crippen molar-refractivity contribution in [3.05, 3.63) is 32.7 Å². The topological polar surface area (TPSA) is 32.3 Å². The molecule has 0 saturated carbocycles. The van der Waals surface area contributed by atoms with E-state index in [1.165, 1.54) is 0 Å². The lowest BCUT2D eigenvalue weighted by molar-refractivity contribution is -0.131. The van der Waals surface area contributed by atoms with Gasteiger partial charge in [-0.25, -0.2) is 0 Å². The SMILES string of the molecule is CCN(C)C(=O)C(C)NC(C)c1ccc(Br)cc1Br. The fourth-order valence-electron chi connectivity index (χ4n) is 1.88. The Bertz CT molecular complexity index is 451. The molecule has 19 heavy (non-hydrogen) atoms. The lowest BCUT2D eigenvalue weighted by Gasteiger charge is -2.24. The fraction of sp³-hybridized carbons (Fsp3) is 0.500. The molecule has 1 aromatic rings. The number of carbonyl (C=O) groups excluding carboxylic acids is 1. The summed E-state index contributed by atoms with van der Waals surface area (Å²) in [7, 11) is 1.82. The van der Waals surface area contributed by atoms with Gasteiger partial charge in [-0.2, -0.15) is 0 Å². The zero-order valence-corrected chi connectivity index (χ0v) is 14.9. The zero-order chi connectivity index (χ0) is 14.6. The molecule has 0 bridgehead atoms. The maximum Gasteiger partial charge on any atom is 0.239 e. The number of hydrogen-bond donors (Lipinski definition) is 1. The number of amides is 1. The highest BCUT2D eigenvalue weighted by Gasteiger charge is 2.19. The predicted octanol–water partition coefficient (Wildman–Crippen LogP) is 3.73. The van der Waals surface area contributed by atoms with Gasteiger partial charge in [0.05, 0.1) is 6.04 Å². The third-order valence-corrected chi connectivity index (χ3v) is 4.33. The Morgan fingerprint density at radius 2 is 2.00 bits per heavy atom. The number of rotatable bonds is 5. The Kier molecular flexibility index (Phi) is 6.50. The summed E-state index contributed by atoms with van der Waals surface area (Å²) in [5.74, 6) is 0.114. The molecule has 0 aliphatic carbocycles. The van der Waals surface area contributed by atoms with E-state index >= 15 is 0 Å². The van der Waals surface area contributed by atoms with E-state index in [1.54, 1.807) is 4.90 Å². The highest BCUT2D eigenvalue weighted by Crippen LogP contribution is 2.27. The van der Waals surface area contributed by atoms with E-state index in [0.29, 0.717) is 0 Å². The lowest BCUT2D eigenvalue weighted by atomic mass is 10.1. The number of likely N-dealkylation sites (N-methyl/N-ethyl adjacent to an activating group) is 1. The van der Waals surface area contributed by atoms with Crippen LogP contribution in [0.4, 0.5) is 0 Å². The van der Waals surface area contributed by atoms with Crippen molar-refractivity contribution in [3.63, 3.8) is 0 Å². The maximum atomic E-state index is 12.0. The minimum Gasteiger partial charge on any atom is -0.345 e. The van der Waals surface area contributed by atoms with Gasteiger partial charge in [-0.1, -0.05) is 37.9 Å². The van der Waals surface area contributed by atoms with Gasteiger partial charge in [0.2, 0.25) is 5.91 Å². The molecule has 1 N–H and O–H groups in total. The monoisotopic (exact) mass is 390 g/mol. The maximum absolute atomic E-state index is 12.0.